The second kappa shape index (κ2) is 7.33. The van der Waals surface area contributed by atoms with Gasteiger partial charge in [0.05, 0.1) is 4.92 Å². The van der Waals surface area contributed by atoms with Crippen LogP contribution in [0.1, 0.15) is 19.8 Å². The maximum Gasteiger partial charge on any atom is 0.269 e. The summed E-state index contributed by atoms with van der Waals surface area (Å²) in [5, 5.41) is 17.4. The van der Waals surface area contributed by atoms with E-state index in [0.29, 0.717) is 11.2 Å². The van der Waals surface area contributed by atoms with Crippen LogP contribution in [0.15, 0.2) is 24.3 Å². The fraction of sp³-hybridized carbons (Fsp3) is 0.500. The lowest BCUT2D eigenvalue weighted by atomic mass is 10.2. The third-order valence-corrected chi connectivity index (χ3v) is 3.99. The van der Waals surface area contributed by atoms with E-state index in [9.17, 15) is 10.1 Å². The van der Waals surface area contributed by atoms with Crippen LogP contribution in [0, 0.1) is 10.1 Å². The first-order valence-electron chi connectivity index (χ1n) is 7.13. The molecule has 1 aliphatic rings. The molecule has 1 aromatic carbocycles. The average molecular weight is 308 g/mol. The van der Waals surface area contributed by atoms with Gasteiger partial charge in [0.25, 0.3) is 5.69 Å². The summed E-state index contributed by atoms with van der Waals surface area (Å²) >= 11 is 5.26. The Morgan fingerprint density at radius 3 is 2.81 bits per heavy atom. The molecule has 6 nitrogen and oxygen atoms in total. The highest BCUT2D eigenvalue weighted by Crippen LogP contribution is 2.16. The third kappa shape index (κ3) is 4.37. The van der Waals surface area contributed by atoms with E-state index < -0.39 is 4.92 Å². The summed E-state index contributed by atoms with van der Waals surface area (Å²) in [6.07, 6.45) is 2.43. The van der Waals surface area contributed by atoms with Crippen molar-refractivity contribution in [2.24, 2.45) is 0 Å². The Hall–Kier alpha value is -1.73. The van der Waals surface area contributed by atoms with E-state index >= 15 is 0 Å². The molecule has 1 aromatic rings. The number of nitrogens with zero attached hydrogens (tertiary/aromatic N) is 2. The van der Waals surface area contributed by atoms with Crippen LogP contribution < -0.4 is 10.6 Å². The Morgan fingerprint density at radius 2 is 2.19 bits per heavy atom. The van der Waals surface area contributed by atoms with Gasteiger partial charge in [-0.05, 0) is 50.3 Å². The number of hydrogen-bond acceptors (Lipinski definition) is 4. The van der Waals surface area contributed by atoms with Crippen molar-refractivity contribution in [3.8, 4) is 0 Å². The molecule has 0 aromatic heterocycles. The van der Waals surface area contributed by atoms with Gasteiger partial charge in [-0.3, -0.25) is 15.0 Å². The summed E-state index contributed by atoms with van der Waals surface area (Å²) in [4.78, 5) is 12.6. The van der Waals surface area contributed by atoms with Crippen molar-refractivity contribution >= 4 is 28.7 Å². The van der Waals surface area contributed by atoms with E-state index in [1.807, 2.05) is 0 Å². The van der Waals surface area contributed by atoms with Crippen LogP contribution in [0.25, 0.3) is 0 Å². The molecular weight excluding hydrogens is 288 g/mol. The number of nitrogens with one attached hydrogen (secondary N) is 2. The minimum absolute atomic E-state index is 0.0731. The fourth-order valence-electron chi connectivity index (χ4n) is 2.59. The number of nitro benzene ring substituents is 1. The summed E-state index contributed by atoms with van der Waals surface area (Å²) in [6, 6.07) is 6.76. The van der Waals surface area contributed by atoms with E-state index in [1.165, 1.54) is 25.0 Å². The molecule has 2 N–H and O–H groups in total. The van der Waals surface area contributed by atoms with E-state index in [2.05, 4.69) is 22.5 Å². The number of hydrogen-bond donors (Lipinski definition) is 2. The molecule has 0 saturated carbocycles. The lowest BCUT2D eigenvalue weighted by Crippen LogP contribution is -2.41. The minimum Gasteiger partial charge on any atom is -0.361 e. The molecule has 1 fully saturated rings. The second-order valence-corrected chi connectivity index (χ2v) is 5.47. The first-order valence-corrected chi connectivity index (χ1v) is 7.54. The van der Waals surface area contributed by atoms with Gasteiger partial charge in [0.2, 0.25) is 0 Å². The molecule has 1 unspecified atom stereocenters. The standard InChI is InChI=1S/C14H20N4O2S/c1-2-17-9-3-4-13(17)10-15-14(21)16-11-5-7-12(8-6-11)18(19)20/h5-8,13H,2-4,9-10H2,1H3,(H2,15,16,21). The first-order chi connectivity index (χ1) is 10.1. The molecule has 114 valence electrons. The maximum atomic E-state index is 10.6. The van der Waals surface area contributed by atoms with Gasteiger partial charge in [-0.25, -0.2) is 0 Å². The zero-order chi connectivity index (χ0) is 15.2. The fourth-order valence-corrected chi connectivity index (χ4v) is 2.80. The molecule has 0 radical (unpaired) electrons. The predicted octanol–water partition coefficient (Wildman–Crippen LogP) is 2.37. The van der Waals surface area contributed by atoms with Crippen molar-refractivity contribution in [3.63, 3.8) is 0 Å². The van der Waals surface area contributed by atoms with Crippen molar-refractivity contribution in [1.29, 1.82) is 0 Å². The second-order valence-electron chi connectivity index (χ2n) is 5.06. The van der Waals surface area contributed by atoms with E-state index in [4.69, 9.17) is 12.2 Å². The Balaban J connectivity index is 1.80. The van der Waals surface area contributed by atoms with Gasteiger partial charge in [-0.2, -0.15) is 0 Å². The molecule has 0 bridgehead atoms. The summed E-state index contributed by atoms with van der Waals surface area (Å²) in [5.41, 5.74) is 0.820. The van der Waals surface area contributed by atoms with Crippen LogP contribution in [0.5, 0.6) is 0 Å². The van der Waals surface area contributed by atoms with Gasteiger partial charge in [0.15, 0.2) is 5.11 Å². The molecule has 2 rings (SSSR count). The Morgan fingerprint density at radius 1 is 1.48 bits per heavy atom. The topological polar surface area (TPSA) is 70.4 Å². The third-order valence-electron chi connectivity index (χ3n) is 3.74. The first kappa shape index (κ1) is 15.7. The lowest BCUT2D eigenvalue weighted by Gasteiger charge is -2.23. The van der Waals surface area contributed by atoms with Gasteiger partial charge in [-0.15, -0.1) is 0 Å². The SMILES string of the molecule is CCN1CCCC1CNC(=S)Nc1ccc([N+](=O)[O-])cc1. The van der Waals surface area contributed by atoms with E-state index in [-0.39, 0.29) is 5.69 Å². The van der Waals surface area contributed by atoms with Gasteiger partial charge >= 0.3 is 0 Å². The summed E-state index contributed by atoms with van der Waals surface area (Å²) in [7, 11) is 0. The normalized spacial score (nSPS) is 18.4. The van der Waals surface area contributed by atoms with Crippen LogP contribution in [0.3, 0.4) is 0 Å². The van der Waals surface area contributed by atoms with Crippen molar-refractivity contribution in [3.05, 3.63) is 34.4 Å². The monoisotopic (exact) mass is 308 g/mol. The Labute approximate surface area is 129 Å². The molecule has 0 amide bonds. The molecule has 7 heteroatoms. The highest BCUT2D eigenvalue weighted by Gasteiger charge is 2.22. The molecule has 1 saturated heterocycles. The number of likely N-dealkylation sites (N-methyl/N-ethyl adjacent to an activating group) is 1. The van der Waals surface area contributed by atoms with Crippen molar-refractivity contribution in [2.75, 3.05) is 25.0 Å². The molecular formula is C14H20N4O2S. The van der Waals surface area contributed by atoms with Gasteiger partial charge in [0.1, 0.15) is 0 Å². The number of anilines is 1. The molecule has 1 aliphatic heterocycles. The van der Waals surface area contributed by atoms with Crippen molar-refractivity contribution in [2.45, 2.75) is 25.8 Å². The zero-order valence-electron chi connectivity index (χ0n) is 12.0. The van der Waals surface area contributed by atoms with Gasteiger partial charge in [-0.1, -0.05) is 6.92 Å². The van der Waals surface area contributed by atoms with Crippen molar-refractivity contribution < 1.29 is 4.92 Å². The van der Waals surface area contributed by atoms with Crippen LogP contribution in [-0.2, 0) is 0 Å². The highest BCUT2D eigenvalue weighted by molar-refractivity contribution is 7.80. The molecule has 1 heterocycles. The van der Waals surface area contributed by atoms with E-state index in [0.717, 1.165) is 25.3 Å². The Bertz CT molecular complexity index is 506. The van der Waals surface area contributed by atoms with Crippen LogP contribution in [0.4, 0.5) is 11.4 Å². The highest BCUT2D eigenvalue weighted by atomic mass is 32.1. The van der Waals surface area contributed by atoms with Crippen LogP contribution in [0.2, 0.25) is 0 Å². The maximum absolute atomic E-state index is 10.6. The number of thiocarbonyl (C=S) groups is 1. The van der Waals surface area contributed by atoms with Crippen LogP contribution in [-0.4, -0.2) is 40.6 Å². The van der Waals surface area contributed by atoms with Gasteiger partial charge in [0, 0.05) is 30.4 Å². The molecule has 0 aliphatic carbocycles. The molecule has 21 heavy (non-hydrogen) atoms. The number of nitro groups is 1. The molecule has 1 atom stereocenters. The summed E-state index contributed by atoms with van der Waals surface area (Å²) in [6.45, 7) is 5.22. The van der Waals surface area contributed by atoms with Crippen LogP contribution >= 0.6 is 12.2 Å². The lowest BCUT2D eigenvalue weighted by molar-refractivity contribution is -0.384. The smallest absolute Gasteiger partial charge is 0.269 e. The zero-order valence-corrected chi connectivity index (χ0v) is 12.9. The summed E-state index contributed by atoms with van der Waals surface area (Å²) < 4.78 is 0. The Kier molecular flexibility index (Phi) is 5.46. The van der Waals surface area contributed by atoms with E-state index in [1.54, 1.807) is 12.1 Å². The summed E-state index contributed by atoms with van der Waals surface area (Å²) in [5.74, 6) is 0. The number of non-ortho nitro benzene ring substituents is 1. The largest absolute Gasteiger partial charge is 0.361 e. The molecule has 0 spiro atoms. The number of likely N-dealkylation sites (tertiary alicyclic amines) is 1. The quantitative estimate of drug-likeness (QED) is 0.494. The van der Waals surface area contributed by atoms with Gasteiger partial charge < -0.3 is 10.6 Å². The van der Waals surface area contributed by atoms with Crippen molar-refractivity contribution in [1.82, 2.24) is 10.2 Å². The number of benzene rings is 1. The predicted molar refractivity (Wildman–Crippen MR) is 87.6 cm³/mol. The minimum atomic E-state index is -0.417. The number of rotatable bonds is 5. The average Bonchev–Trinajstić information content (AvgIpc) is 2.93.